The van der Waals surface area contributed by atoms with E-state index in [2.05, 4.69) is 23.7 Å². The van der Waals surface area contributed by atoms with Crippen LogP contribution < -0.4 is 0 Å². The van der Waals surface area contributed by atoms with Crippen molar-refractivity contribution in [2.24, 2.45) is 10.8 Å². The highest BCUT2D eigenvalue weighted by Gasteiger charge is 2.41. The van der Waals surface area contributed by atoms with E-state index < -0.39 is 16.8 Å². The summed E-state index contributed by atoms with van der Waals surface area (Å²) in [6.07, 6.45) is 4.98. The molecule has 1 heterocycles. The predicted octanol–water partition coefficient (Wildman–Crippen LogP) is 3.33. The third-order valence-corrected chi connectivity index (χ3v) is 3.57. The summed E-state index contributed by atoms with van der Waals surface area (Å²) in [7, 11) is 0. The lowest BCUT2D eigenvalue weighted by molar-refractivity contribution is -0.151. The molecule has 1 aromatic heterocycles. The molecule has 0 bridgehead atoms. The highest BCUT2D eigenvalue weighted by molar-refractivity contribution is 5.75. The van der Waals surface area contributed by atoms with Gasteiger partial charge in [-0.15, -0.1) is 0 Å². The maximum Gasteiger partial charge on any atom is 0.309 e. The molecule has 0 unspecified atom stereocenters. The molecular weight excluding hydrogens is 252 g/mol. The summed E-state index contributed by atoms with van der Waals surface area (Å²) in [4.78, 5) is 11.2. The number of carboxylic acids is 1. The lowest BCUT2D eigenvalue weighted by Crippen LogP contribution is -2.38. The van der Waals surface area contributed by atoms with Gasteiger partial charge in [0.25, 0.3) is 0 Å². The zero-order valence-corrected chi connectivity index (χ0v) is 12.2. The van der Waals surface area contributed by atoms with Crippen LogP contribution in [-0.4, -0.2) is 11.1 Å². The van der Waals surface area contributed by atoms with Gasteiger partial charge in [0.2, 0.25) is 0 Å². The molecule has 20 heavy (non-hydrogen) atoms. The van der Waals surface area contributed by atoms with E-state index in [1.54, 1.807) is 44.4 Å². The van der Waals surface area contributed by atoms with Crippen molar-refractivity contribution >= 4 is 5.97 Å². The Morgan fingerprint density at radius 2 is 2.00 bits per heavy atom. The van der Waals surface area contributed by atoms with Crippen LogP contribution in [0.2, 0.25) is 0 Å². The van der Waals surface area contributed by atoms with E-state index in [4.69, 9.17) is 4.42 Å². The zero-order valence-electron chi connectivity index (χ0n) is 12.2. The Morgan fingerprint density at radius 3 is 2.55 bits per heavy atom. The third-order valence-electron chi connectivity index (χ3n) is 3.57. The fraction of sp³-hybridized carbons (Fsp3) is 0.353. The molecule has 0 aliphatic heterocycles. The van der Waals surface area contributed by atoms with Gasteiger partial charge in [0.1, 0.15) is 0 Å². The van der Waals surface area contributed by atoms with Crippen molar-refractivity contribution < 1.29 is 14.3 Å². The van der Waals surface area contributed by atoms with Gasteiger partial charge < -0.3 is 9.52 Å². The van der Waals surface area contributed by atoms with E-state index in [0.29, 0.717) is 5.76 Å². The van der Waals surface area contributed by atoms with Crippen LogP contribution in [0, 0.1) is 34.5 Å². The molecule has 104 valence electrons. The van der Waals surface area contributed by atoms with Gasteiger partial charge in [-0.25, -0.2) is 0 Å². The molecule has 0 saturated heterocycles. The average molecular weight is 270 g/mol. The van der Waals surface area contributed by atoms with E-state index >= 15 is 0 Å². The third kappa shape index (κ3) is 3.80. The Labute approximate surface area is 119 Å². The fourth-order valence-corrected chi connectivity index (χ4v) is 1.25. The van der Waals surface area contributed by atoms with Crippen LogP contribution in [0.3, 0.4) is 0 Å². The molecule has 3 nitrogen and oxygen atoms in total. The number of carboxylic acid groups (broad SMARTS) is 1. The van der Waals surface area contributed by atoms with Crippen LogP contribution in [0.15, 0.2) is 35.0 Å². The molecule has 0 atom stereocenters. The number of carbonyl (C=O) groups is 1. The predicted molar refractivity (Wildman–Crippen MR) is 77.7 cm³/mol. The summed E-state index contributed by atoms with van der Waals surface area (Å²) in [6, 6.07) is 3.51. The zero-order chi connectivity index (χ0) is 15.2. The molecule has 1 aromatic rings. The minimum absolute atomic E-state index is 0.512. The summed E-state index contributed by atoms with van der Waals surface area (Å²) >= 11 is 0. The van der Waals surface area contributed by atoms with Gasteiger partial charge in [-0.1, -0.05) is 25.8 Å². The first-order chi connectivity index (χ1) is 9.27. The first kappa shape index (κ1) is 15.7. The lowest BCUT2D eigenvalue weighted by Gasteiger charge is -2.35. The van der Waals surface area contributed by atoms with Gasteiger partial charge in [-0.2, -0.15) is 0 Å². The van der Waals surface area contributed by atoms with E-state index in [0.717, 1.165) is 0 Å². The van der Waals surface area contributed by atoms with Gasteiger partial charge >= 0.3 is 5.97 Å². The van der Waals surface area contributed by atoms with Crippen molar-refractivity contribution in [3.63, 3.8) is 0 Å². The summed E-state index contributed by atoms with van der Waals surface area (Å²) in [5.74, 6) is 10.6. The standard InChI is InChI=1S/C17H18O3/c1-16(2,17(3,4)15(18)19)12-8-6-5-7-10-14-11-9-13-20-14/h8-9,11-13H,1-4H3,(H,18,19)/b12-8-. The van der Waals surface area contributed by atoms with Crippen molar-refractivity contribution in [1.29, 1.82) is 0 Å². The number of hydrogen-bond acceptors (Lipinski definition) is 2. The molecule has 0 saturated carbocycles. The maximum atomic E-state index is 11.2. The maximum absolute atomic E-state index is 11.2. The minimum atomic E-state index is -0.870. The first-order valence-corrected chi connectivity index (χ1v) is 6.23. The highest BCUT2D eigenvalue weighted by atomic mass is 16.4. The Hall–Kier alpha value is -2.39. The number of furan rings is 1. The molecule has 3 heteroatoms. The van der Waals surface area contributed by atoms with Crippen molar-refractivity contribution in [2.75, 3.05) is 0 Å². The fourth-order valence-electron chi connectivity index (χ4n) is 1.25. The van der Waals surface area contributed by atoms with Gasteiger partial charge in [0.05, 0.1) is 11.7 Å². The normalized spacial score (nSPS) is 11.4. The molecule has 0 aromatic carbocycles. The summed E-state index contributed by atoms with van der Waals surface area (Å²) in [6.45, 7) is 7.13. The first-order valence-electron chi connectivity index (χ1n) is 6.23. The van der Waals surface area contributed by atoms with Crippen molar-refractivity contribution in [1.82, 2.24) is 0 Å². The summed E-state index contributed by atoms with van der Waals surface area (Å²) < 4.78 is 5.04. The molecule has 0 radical (unpaired) electrons. The number of hydrogen-bond donors (Lipinski definition) is 1. The minimum Gasteiger partial charge on any atom is -0.481 e. The second-order valence-electron chi connectivity index (χ2n) is 5.48. The van der Waals surface area contributed by atoms with E-state index in [1.807, 2.05) is 13.8 Å². The second-order valence-corrected chi connectivity index (χ2v) is 5.48. The molecule has 0 fully saturated rings. The molecule has 0 spiro atoms. The largest absolute Gasteiger partial charge is 0.481 e. The molecule has 1 N–H and O–H groups in total. The van der Waals surface area contributed by atoms with Crippen LogP contribution in [0.4, 0.5) is 0 Å². The van der Waals surface area contributed by atoms with Crippen molar-refractivity contribution in [2.45, 2.75) is 27.7 Å². The molecule has 0 aliphatic carbocycles. The van der Waals surface area contributed by atoms with Crippen molar-refractivity contribution in [3.05, 3.63) is 36.3 Å². The lowest BCUT2D eigenvalue weighted by atomic mass is 9.68. The summed E-state index contributed by atoms with van der Waals surface area (Å²) in [5.41, 5.74) is -1.38. The molecular formula is C17H18O3. The Balaban J connectivity index is 2.72. The molecule has 1 rings (SSSR count). The van der Waals surface area contributed by atoms with E-state index in [9.17, 15) is 9.90 Å². The molecule has 0 aliphatic rings. The SMILES string of the molecule is CC(C)(/C=C\C#CC#Cc1ccco1)C(C)(C)C(=O)O. The van der Waals surface area contributed by atoms with Crippen molar-refractivity contribution in [3.8, 4) is 23.7 Å². The van der Waals surface area contributed by atoms with Crippen LogP contribution in [0.5, 0.6) is 0 Å². The smallest absolute Gasteiger partial charge is 0.309 e. The van der Waals surface area contributed by atoms with Crippen LogP contribution >= 0.6 is 0 Å². The summed E-state index contributed by atoms with van der Waals surface area (Å²) in [5, 5.41) is 9.22. The average Bonchev–Trinajstić information content (AvgIpc) is 2.86. The Bertz CT molecular complexity index is 609. The number of aliphatic carboxylic acids is 1. The van der Waals surface area contributed by atoms with Crippen LogP contribution in [-0.2, 0) is 4.79 Å². The molecule has 0 amide bonds. The van der Waals surface area contributed by atoms with Gasteiger partial charge in [0, 0.05) is 0 Å². The van der Waals surface area contributed by atoms with Crippen LogP contribution in [0.1, 0.15) is 33.5 Å². The Kier molecular flexibility index (Phi) is 4.83. The second kappa shape index (κ2) is 6.17. The Morgan fingerprint density at radius 1 is 1.30 bits per heavy atom. The topological polar surface area (TPSA) is 50.4 Å². The number of rotatable bonds is 3. The van der Waals surface area contributed by atoms with E-state index in [-0.39, 0.29) is 0 Å². The van der Waals surface area contributed by atoms with Gasteiger partial charge in [0.15, 0.2) is 5.76 Å². The highest BCUT2D eigenvalue weighted by Crippen LogP contribution is 2.39. The van der Waals surface area contributed by atoms with Gasteiger partial charge in [-0.05, 0) is 55.2 Å². The quantitative estimate of drug-likeness (QED) is 0.857. The number of allylic oxidation sites excluding steroid dienone is 2. The monoisotopic (exact) mass is 270 g/mol. The van der Waals surface area contributed by atoms with E-state index in [1.165, 1.54) is 0 Å². The van der Waals surface area contributed by atoms with Gasteiger partial charge in [-0.3, -0.25) is 4.79 Å². The van der Waals surface area contributed by atoms with Crippen LogP contribution in [0.25, 0.3) is 0 Å².